The van der Waals surface area contributed by atoms with Crippen molar-refractivity contribution in [3.8, 4) is 0 Å². The van der Waals surface area contributed by atoms with E-state index in [0.717, 1.165) is 57.8 Å². The summed E-state index contributed by atoms with van der Waals surface area (Å²) in [6.45, 7) is 7.28. The second-order valence-corrected chi connectivity index (χ2v) is 11.2. The Morgan fingerprint density at radius 2 is 1.78 bits per heavy atom. The van der Waals surface area contributed by atoms with Crippen LogP contribution in [0.5, 0.6) is 0 Å². The van der Waals surface area contributed by atoms with E-state index in [1.54, 1.807) is 26.0 Å². The molecule has 9 heteroatoms. The van der Waals surface area contributed by atoms with Crippen molar-refractivity contribution in [3.63, 3.8) is 0 Å². The number of benzene rings is 1. The van der Waals surface area contributed by atoms with Gasteiger partial charge in [0.05, 0.1) is 24.1 Å². The lowest BCUT2D eigenvalue weighted by atomic mass is 9.95. The minimum absolute atomic E-state index is 0.238. The van der Waals surface area contributed by atoms with Crippen LogP contribution in [0, 0.1) is 13.8 Å². The van der Waals surface area contributed by atoms with Gasteiger partial charge in [0.15, 0.2) is 0 Å². The summed E-state index contributed by atoms with van der Waals surface area (Å²) in [5.74, 6) is -0.956. The van der Waals surface area contributed by atoms with E-state index in [2.05, 4.69) is 5.32 Å². The van der Waals surface area contributed by atoms with Gasteiger partial charge in [-0.1, -0.05) is 6.07 Å². The summed E-state index contributed by atoms with van der Waals surface area (Å²) >= 11 is 1.38. The maximum atomic E-state index is 13.2. The monoisotopic (exact) mass is 478 g/mol. The van der Waals surface area contributed by atoms with Gasteiger partial charge in [0.25, 0.3) is 0 Å². The number of nitrogens with zero attached hydrogens (tertiary/aromatic N) is 1. The van der Waals surface area contributed by atoms with Crippen molar-refractivity contribution >= 4 is 43.9 Å². The van der Waals surface area contributed by atoms with E-state index in [-0.39, 0.29) is 6.61 Å². The predicted octanol–water partition coefficient (Wildman–Crippen LogP) is 4.21. The topological polar surface area (TPSA) is 92.8 Å². The van der Waals surface area contributed by atoms with Crippen LogP contribution in [0.25, 0.3) is 0 Å². The van der Waals surface area contributed by atoms with Crippen LogP contribution in [0.1, 0.15) is 58.6 Å². The lowest BCUT2D eigenvalue weighted by molar-refractivity contribution is -0.116. The molecule has 0 bridgehead atoms. The Hall–Kier alpha value is -2.39. The summed E-state index contributed by atoms with van der Waals surface area (Å²) in [7, 11) is -3.74. The molecular weight excluding hydrogens is 448 g/mol. The van der Waals surface area contributed by atoms with Crippen LogP contribution in [0.2, 0.25) is 0 Å². The number of aryl methyl sites for hydroxylation is 3. The quantitative estimate of drug-likeness (QED) is 0.602. The lowest BCUT2D eigenvalue weighted by Crippen LogP contribution is -2.45. The van der Waals surface area contributed by atoms with Crippen molar-refractivity contribution in [1.29, 1.82) is 0 Å². The third-order valence-corrected chi connectivity index (χ3v) is 7.89. The molecule has 174 valence electrons. The number of thiophene rings is 1. The van der Waals surface area contributed by atoms with Crippen molar-refractivity contribution in [3.05, 3.63) is 45.3 Å². The number of carbonyl (C=O) groups excluding carboxylic acids is 2. The molecule has 3 rings (SSSR count). The molecule has 0 unspecified atom stereocenters. The molecule has 1 aromatic carbocycles. The third-order valence-electron chi connectivity index (χ3n) is 5.44. The van der Waals surface area contributed by atoms with E-state index >= 15 is 0 Å². The number of hydrogen-bond donors (Lipinski definition) is 1. The highest BCUT2D eigenvalue weighted by molar-refractivity contribution is 7.92. The van der Waals surface area contributed by atoms with Crippen LogP contribution >= 0.6 is 11.3 Å². The molecule has 0 fully saturated rings. The number of fused-ring (bicyclic) bond motifs is 1. The Morgan fingerprint density at radius 3 is 2.38 bits per heavy atom. The first kappa shape index (κ1) is 24.3. The standard InChI is InChI=1S/C23H30N2O5S2/c1-6-30-23(27)20-18-9-7-8-10-19(18)31-22(20)24-21(26)16(4)25(32(5,28)29)17-12-14(2)11-15(3)13-17/h11-13,16H,6-10H2,1-5H3,(H,24,26)/t16-/m1/s1. The molecular formula is C23H30N2O5S2. The Bertz CT molecular complexity index is 1120. The van der Waals surface area contributed by atoms with Crippen molar-refractivity contribution in [1.82, 2.24) is 0 Å². The summed E-state index contributed by atoms with van der Waals surface area (Å²) < 4.78 is 31.7. The average Bonchev–Trinajstić information content (AvgIpc) is 3.04. The maximum absolute atomic E-state index is 13.2. The number of rotatable bonds is 7. The molecule has 0 aliphatic heterocycles. The minimum atomic E-state index is -3.74. The number of sulfonamides is 1. The first-order valence-corrected chi connectivity index (χ1v) is 13.4. The van der Waals surface area contributed by atoms with Gasteiger partial charge in [-0.2, -0.15) is 0 Å². The summed E-state index contributed by atoms with van der Waals surface area (Å²) in [5, 5.41) is 3.26. The smallest absolute Gasteiger partial charge is 0.341 e. The molecule has 0 saturated heterocycles. The summed E-state index contributed by atoms with van der Waals surface area (Å²) in [6, 6.07) is 4.41. The Balaban J connectivity index is 1.96. The van der Waals surface area contributed by atoms with Gasteiger partial charge in [-0.3, -0.25) is 9.10 Å². The second-order valence-electron chi connectivity index (χ2n) is 8.21. The molecule has 7 nitrogen and oxygen atoms in total. The number of esters is 1. The molecule has 1 amide bonds. The van der Waals surface area contributed by atoms with E-state index in [0.29, 0.717) is 16.3 Å². The first-order valence-electron chi connectivity index (χ1n) is 10.7. The van der Waals surface area contributed by atoms with Crippen molar-refractivity contribution < 1.29 is 22.7 Å². The zero-order valence-electron chi connectivity index (χ0n) is 19.1. The number of ether oxygens (including phenoxy) is 1. The van der Waals surface area contributed by atoms with E-state index < -0.39 is 27.9 Å². The SMILES string of the molecule is CCOC(=O)c1c(NC(=O)[C@@H](C)N(c2cc(C)cc(C)c2)S(C)(=O)=O)sc2c1CCCC2. The summed E-state index contributed by atoms with van der Waals surface area (Å²) in [5.41, 5.74) is 3.58. The fraction of sp³-hybridized carbons (Fsp3) is 0.478. The van der Waals surface area contributed by atoms with Gasteiger partial charge < -0.3 is 10.1 Å². The maximum Gasteiger partial charge on any atom is 0.341 e. The van der Waals surface area contributed by atoms with Gasteiger partial charge in [-0.15, -0.1) is 11.3 Å². The molecule has 1 aliphatic rings. The highest BCUT2D eigenvalue weighted by atomic mass is 32.2. The number of amides is 1. The summed E-state index contributed by atoms with van der Waals surface area (Å²) in [4.78, 5) is 27.0. The van der Waals surface area contributed by atoms with Gasteiger partial charge >= 0.3 is 5.97 Å². The second kappa shape index (κ2) is 9.62. The number of anilines is 2. The zero-order chi connectivity index (χ0) is 23.6. The molecule has 1 heterocycles. The van der Waals surface area contributed by atoms with E-state index in [9.17, 15) is 18.0 Å². The fourth-order valence-corrected chi connectivity index (χ4v) is 6.62. The fourth-order valence-electron chi connectivity index (χ4n) is 4.18. The van der Waals surface area contributed by atoms with Crippen LogP contribution in [-0.4, -0.2) is 39.2 Å². The van der Waals surface area contributed by atoms with Crippen molar-refractivity contribution in [2.45, 2.75) is 59.4 Å². The van der Waals surface area contributed by atoms with Crippen LogP contribution < -0.4 is 9.62 Å². The Kier molecular flexibility index (Phi) is 7.29. The predicted molar refractivity (Wildman–Crippen MR) is 128 cm³/mol. The third kappa shape index (κ3) is 5.15. The molecule has 2 aromatic rings. The molecule has 0 saturated carbocycles. The van der Waals surface area contributed by atoms with Crippen molar-refractivity contribution in [2.75, 3.05) is 22.5 Å². The van der Waals surface area contributed by atoms with Crippen LogP contribution in [0.15, 0.2) is 18.2 Å². The van der Waals surface area contributed by atoms with Crippen molar-refractivity contribution in [2.24, 2.45) is 0 Å². The largest absolute Gasteiger partial charge is 0.462 e. The van der Waals surface area contributed by atoms with Crippen LogP contribution in [0.3, 0.4) is 0 Å². The van der Waals surface area contributed by atoms with Gasteiger partial charge in [-0.25, -0.2) is 13.2 Å². The molecule has 32 heavy (non-hydrogen) atoms. The molecule has 1 N–H and O–H groups in total. The zero-order valence-corrected chi connectivity index (χ0v) is 20.8. The Morgan fingerprint density at radius 1 is 1.16 bits per heavy atom. The van der Waals surface area contributed by atoms with E-state index in [1.165, 1.54) is 11.3 Å². The summed E-state index contributed by atoms with van der Waals surface area (Å²) in [6.07, 6.45) is 4.73. The molecule has 1 atom stereocenters. The molecule has 0 spiro atoms. The number of hydrogen-bond acceptors (Lipinski definition) is 6. The van der Waals surface area contributed by atoms with Gasteiger partial charge in [0, 0.05) is 4.88 Å². The number of carbonyl (C=O) groups is 2. The average molecular weight is 479 g/mol. The minimum Gasteiger partial charge on any atom is -0.462 e. The van der Waals surface area contributed by atoms with Crippen LogP contribution in [-0.2, 0) is 32.4 Å². The van der Waals surface area contributed by atoms with Gasteiger partial charge in [0.2, 0.25) is 15.9 Å². The highest BCUT2D eigenvalue weighted by Crippen LogP contribution is 2.39. The highest BCUT2D eigenvalue weighted by Gasteiger charge is 2.32. The van der Waals surface area contributed by atoms with Gasteiger partial charge in [-0.05, 0) is 82.2 Å². The van der Waals surface area contributed by atoms with E-state index in [4.69, 9.17) is 4.74 Å². The molecule has 0 radical (unpaired) electrons. The van der Waals surface area contributed by atoms with Gasteiger partial charge in [0.1, 0.15) is 11.0 Å². The molecule has 1 aromatic heterocycles. The van der Waals surface area contributed by atoms with Crippen LogP contribution in [0.4, 0.5) is 10.7 Å². The normalized spacial score (nSPS) is 14.4. The first-order chi connectivity index (χ1) is 15.0. The molecule has 1 aliphatic carbocycles. The van der Waals surface area contributed by atoms with E-state index in [1.807, 2.05) is 19.9 Å². The lowest BCUT2D eigenvalue weighted by Gasteiger charge is -2.28. The Labute approximate surface area is 193 Å². The number of nitrogens with one attached hydrogen (secondary N) is 1.